The van der Waals surface area contributed by atoms with Crippen LogP contribution in [0, 0.1) is 5.92 Å². The Balaban J connectivity index is 2.22. The Morgan fingerprint density at radius 2 is 2.25 bits per heavy atom. The summed E-state index contributed by atoms with van der Waals surface area (Å²) >= 11 is 0. The van der Waals surface area contributed by atoms with Crippen molar-refractivity contribution < 1.29 is 24.2 Å². The van der Waals surface area contributed by atoms with Crippen molar-refractivity contribution in [1.82, 2.24) is 9.88 Å². The van der Waals surface area contributed by atoms with Crippen molar-refractivity contribution in [2.45, 2.75) is 6.04 Å². The number of hydrogen-bond acceptors (Lipinski definition) is 5. The van der Waals surface area contributed by atoms with E-state index in [1.54, 1.807) is 13.1 Å². The maximum atomic E-state index is 12.4. The molecule has 1 aromatic heterocycles. The smallest absolute Gasteiger partial charge is 0.311 e. The third-order valence-corrected chi connectivity index (χ3v) is 3.42. The van der Waals surface area contributed by atoms with Crippen LogP contribution in [0.2, 0.25) is 0 Å². The van der Waals surface area contributed by atoms with Gasteiger partial charge in [0.2, 0.25) is 0 Å². The lowest BCUT2D eigenvalue weighted by atomic mass is 10.0. The zero-order chi connectivity index (χ0) is 14.7. The Kier molecular flexibility index (Phi) is 4.19. The van der Waals surface area contributed by atoms with E-state index in [0.29, 0.717) is 11.3 Å². The number of rotatable bonds is 4. The molecule has 0 aromatic carbocycles. The van der Waals surface area contributed by atoms with Gasteiger partial charge in [-0.1, -0.05) is 0 Å². The summed E-state index contributed by atoms with van der Waals surface area (Å²) in [6.45, 7) is 0.331. The number of methoxy groups -OCH3 is 1. The lowest BCUT2D eigenvalue weighted by Crippen LogP contribution is -2.44. The molecule has 0 saturated carbocycles. The number of ether oxygens (including phenoxy) is 2. The molecule has 1 N–H and O–H groups in total. The molecule has 1 aliphatic heterocycles. The molecule has 1 saturated heterocycles. The summed E-state index contributed by atoms with van der Waals surface area (Å²) in [5.41, 5.74) is 0.348. The third-order valence-electron chi connectivity index (χ3n) is 3.42. The van der Waals surface area contributed by atoms with E-state index >= 15 is 0 Å². The number of amides is 1. The minimum Gasteiger partial charge on any atom is -0.494 e. The minimum absolute atomic E-state index is 0.116. The predicted octanol–water partition coefficient (Wildman–Crippen LogP) is 0.262. The predicted molar refractivity (Wildman–Crippen MR) is 68.6 cm³/mol. The first-order chi connectivity index (χ1) is 9.56. The number of aromatic nitrogens is 1. The van der Waals surface area contributed by atoms with Crippen LogP contribution in [0.1, 0.15) is 10.4 Å². The molecule has 0 spiro atoms. The van der Waals surface area contributed by atoms with Crippen LogP contribution in [0.25, 0.3) is 0 Å². The van der Waals surface area contributed by atoms with E-state index in [0.717, 1.165) is 0 Å². The number of aliphatic carboxylic acids is 1. The topological polar surface area (TPSA) is 89.0 Å². The summed E-state index contributed by atoms with van der Waals surface area (Å²) in [5, 5.41) is 9.13. The zero-order valence-corrected chi connectivity index (χ0v) is 11.3. The number of pyridine rings is 1. The molecule has 7 nitrogen and oxygen atoms in total. The fourth-order valence-electron chi connectivity index (χ4n) is 2.22. The van der Waals surface area contributed by atoms with Gasteiger partial charge in [0.25, 0.3) is 5.91 Å². The van der Waals surface area contributed by atoms with Gasteiger partial charge in [0.1, 0.15) is 11.7 Å². The molecule has 108 valence electrons. The average Bonchev–Trinajstić information content (AvgIpc) is 2.95. The van der Waals surface area contributed by atoms with Crippen molar-refractivity contribution >= 4 is 11.9 Å². The highest BCUT2D eigenvalue weighted by molar-refractivity contribution is 5.97. The second-order valence-corrected chi connectivity index (χ2v) is 4.54. The molecule has 2 heterocycles. The van der Waals surface area contributed by atoms with Crippen LogP contribution in [0.15, 0.2) is 18.5 Å². The molecule has 2 rings (SSSR count). The van der Waals surface area contributed by atoms with E-state index in [1.165, 1.54) is 24.4 Å². The maximum Gasteiger partial charge on any atom is 0.311 e. The first-order valence-corrected chi connectivity index (χ1v) is 6.12. The van der Waals surface area contributed by atoms with Crippen LogP contribution in [0.3, 0.4) is 0 Å². The molecule has 1 amide bonds. The van der Waals surface area contributed by atoms with Gasteiger partial charge < -0.3 is 19.5 Å². The highest BCUT2D eigenvalue weighted by Gasteiger charge is 2.39. The van der Waals surface area contributed by atoms with E-state index < -0.39 is 17.9 Å². The van der Waals surface area contributed by atoms with Gasteiger partial charge in [0.05, 0.1) is 38.1 Å². The van der Waals surface area contributed by atoms with Crippen LogP contribution >= 0.6 is 0 Å². The summed E-state index contributed by atoms with van der Waals surface area (Å²) < 4.78 is 10.3. The SMILES string of the molecule is COc1cnccc1C(=O)N(C)C1COCC1C(=O)O. The number of carbonyl (C=O) groups excluding carboxylic acids is 1. The molecule has 1 aliphatic rings. The largest absolute Gasteiger partial charge is 0.494 e. The molecule has 2 unspecified atom stereocenters. The van der Waals surface area contributed by atoms with E-state index in [4.69, 9.17) is 14.6 Å². The summed E-state index contributed by atoms with van der Waals surface area (Å²) in [7, 11) is 3.02. The monoisotopic (exact) mass is 280 g/mol. The molecule has 2 atom stereocenters. The van der Waals surface area contributed by atoms with Crippen LogP contribution in [-0.4, -0.2) is 60.3 Å². The summed E-state index contributed by atoms with van der Waals surface area (Å²) in [6.07, 6.45) is 2.93. The van der Waals surface area contributed by atoms with E-state index in [9.17, 15) is 9.59 Å². The summed E-state index contributed by atoms with van der Waals surface area (Å²) in [4.78, 5) is 28.9. The van der Waals surface area contributed by atoms with Gasteiger partial charge in [-0.2, -0.15) is 0 Å². The quantitative estimate of drug-likeness (QED) is 0.851. The third kappa shape index (κ3) is 2.57. The lowest BCUT2D eigenvalue weighted by molar-refractivity contribution is -0.142. The Hall–Kier alpha value is -2.15. The fourth-order valence-corrected chi connectivity index (χ4v) is 2.22. The van der Waals surface area contributed by atoms with Gasteiger partial charge in [-0.3, -0.25) is 14.6 Å². The van der Waals surface area contributed by atoms with Crippen molar-refractivity contribution in [3.63, 3.8) is 0 Å². The molecular formula is C13H16N2O5. The van der Waals surface area contributed by atoms with Crippen molar-refractivity contribution in [2.24, 2.45) is 5.92 Å². The van der Waals surface area contributed by atoms with E-state index in [1.807, 2.05) is 0 Å². The number of carboxylic acids is 1. The summed E-state index contributed by atoms with van der Waals surface area (Å²) in [6, 6.07) is 1.06. The second kappa shape index (κ2) is 5.87. The highest BCUT2D eigenvalue weighted by Crippen LogP contribution is 2.23. The second-order valence-electron chi connectivity index (χ2n) is 4.54. The summed E-state index contributed by atoms with van der Waals surface area (Å²) in [5.74, 6) is -1.63. The molecule has 0 bridgehead atoms. The van der Waals surface area contributed by atoms with Crippen molar-refractivity contribution in [1.29, 1.82) is 0 Å². The Morgan fingerprint density at radius 3 is 2.90 bits per heavy atom. The Bertz CT molecular complexity index is 519. The van der Waals surface area contributed by atoms with Gasteiger partial charge in [-0.05, 0) is 6.07 Å². The number of hydrogen-bond donors (Lipinski definition) is 1. The van der Waals surface area contributed by atoms with Gasteiger partial charge in [-0.25, -0.2) is 0 Å². The van der Waals surface area contributed by atoms with Crippen LogP contribution in [0.4, 0.5) is 0 Å². The molecule has 20 heavy (non-hydrogen) atoms. The molecule has 0 aliphatic carbocycles. The number of nitrogens with zero attached hydrogens (tertiary/aromatic N) is 2. The number of carbonyl (C=O) groups is 2. The molecule has 1 fully saturated rings. The molecule has 7 heteroatoms. The minimum atomic E-state index is -0.964. The fraction of sp³-hybridized carbons (Fsp3) is 0.462. The normalized spacial score (nSPS) is 21.5. The number of likely N-dealkylation sites (N-methyl/N-ethyl adjacent to an activating group) is 1. The van der Waals surface area contributed by atoms with Gasteiger partial charge >= 0.3 is 5.97 Å². The standard InChI is InChI=1S/C13H16N2O5/c1-15(10-7-20-6-9(10)13(17)18)12(16)8-3-4-14-5-11(8)19-2/h3-5,9-10H,6-7H2,1-2H3,(H,17,18). The lowest BCUT2D eigenvalue weighted by Gasteiger charge is -2.26. The highest BCUT2D eigenvalue weighted by atomic mass is 16.5. The molecule has 0 radical (unpaired) electrons. The Morgan fingerprint density at radius 1 is 1.50 bits per heavy atom. The van der Waals surface area contributed by atoms with Crippen LogP contribution in [0.5, 0.6) is 5.75 Å². The molecular weight excluding hydrogens is 264 g/mol. The first-order valence-electron chi connectivity index (χ1n) is 6.12. The van der Waals surface area contributed by atoms with Gasteiger partial charge in [0.15, 0.2) is 0 Å². The Labute approximate surface area is 116 Å². The first kappa shape index (κ1) is 14.3. The van der Waals surface area contributed by atoms with Gasteiger partial charge in [-0.15, -0.1) is 0 Å². The van der Waals surface area contributed by atoms with E-state index in [2.05, 4.69) is 4.98 Å². The van der Waals surface area contributed by atoms with E-state index in [-0.39, 0.29) is 19.1 Å². The van der Waals surface area contributed by atoms with Gasteiger partial charge in [0, 0.05) is 13.2 Å². The molecule has 1 aromatic rings. The van der Waals surface area contributed by atoms with Crippen LogP contribution in [-0.2, 0) is 9.53 Å². The van der Waals surface area contributed by atoms with Crippen molar-refractivity contribution in [3.8, 4) is 5.75 Å². The van der Waals surface area contributed by atoms with Crippen molar-refractivity contribution in [2.75, 3.05) is 27.4 Å². The number of carboxylic acid groups (broad SMARTS) is 1. The maximum absolute atomic E-state index is 12.4. The van der Waals surface area contributed by atoms with Crippen molar-refractivity contribution in [3.05, 3.63) is 24.0 Å². The van der Waals surface area contributed by atoms with Crippen LogP contribution < -0.4 is 4.74 Å². The zero-order valence-electron chi connectivity index (χ0n) is 11.3. The average molecular weight is 280 g/mol.